The zero-order chi connectivity index (χ0) is 12.8. The van der Waals surface area contributed by atoms with E-state index in [4.69, 9.17) is 10.5 Å². The van der Waals surface area contributed by atoms with Crippen LogP contribution in [0.4, 0.5) is 0 Å². The van der Waals surface area contributed by atoms with Gasteiger partial charge < -0.3 is 10.5 Å². The fourth-order valence-electron chi connectivity index (χ4n) is 2.44. The molecule has 0 bridgehead atoms. The molecule has 108 valence electrons. The summed E-state index contributed by atoms with van der Waals surface area (Å²) in [6, 6.07) is 8.23. The Balaban J connectivity index is 0.00000180. The highest BCUT2D eigenvalue weighted by atomic mass is 35.5. The lowest BCUT2D eigenvalue weighted by molar-refractivity contribution is 0.157. The SMILES string of the molecule is Cc1cccc(OCCN2CCC(CN)CC2)c1.Cl. The van der Waals surface area contributed by atoms with E-state index >= 15 is 0 Å². The Morgan fingerprint density at radius 1 is 1.32 bits per heavy atom. The zero-order valence-corrected chi connectivity index (χ0v) is 12.5. The minimum Gasteiger partial charge on any atom is -0.492 e. The smallest absolute Gasteiger partial charge is 0.119 e. The highest BCUT2D eigenvalue weighted by Crippen LogP contribution is 2.16. The van der Waals surface area contributed by atoms with Crippen molar-refractivity contribution < 1.29 is 4.74 Å². The molecule has 0 saturated carbocycles. The van der Waals surface area contributed by atoms with Gasteiger partial charge in [-0.05, 0) is 63.0 Å². The summed E-state index contributed by atoms with van der Waals surface area (Å²) in [6.07, 6.45) is 2.47. The third kappa shape index (κ3) is 5.39. The number of nitrogens with zero attached hydrogens (tertiary/aromatic N) is 1. The van der Waals surface area contributed by atoms with Crippen molar-refractivity contribution in [2.45, 2.75) is 19.8 Å². The van der Waals surface area contributed by atoms with Crippen LogP contribution in [0.15, 0.2) is 24.3 Å². The van der Waals surface area contributed by atoms with Gasteiger partial charge in [0.05, 0.1) is 0 Å². The van der Waals surface area contributed by atoms with E-state index in [0.29, 0.717) is 0 Å². The number of likely N-dealkylation sites (tertiary alicyclic amines) is 1. The number of piperidine rings is 1. The summed E-state index contributed by atoms with van der Waals surface area (Å²) in [6.45, 7) is 7.05. The van der Waals surface area contributed by atoms with Gasteiger partial charge in [0.15, 0.2) is 0 Å². The fourth-order valence-corrected chi connectivity index (χ4v) is 2.44. The first-order chi connectivity index (χ1) is 8.78. The number of aryl methyl sites for hydroxylation is 1. The van der Waals surface area contributed by atoms with Crippen LogP contribution in [-0.2, 0) is 0 Å². The monoisotopic (exact) mass is 284 g/mol. The molecule has 19 heavy (non-hydrogen) atoms. The van der Waals surface area contributed by atoms with Gasteiger partial charge in [-0.3, -0.25) is 4.90 Å². The van der Waals surface area contributed by atoms with Crippen molar-refractivity contribution in [1.29, 1.82) is 0 Å². The molecule has 0 aliphatic carbocycles. The van der Waals surface area contributed by atoms with Crippen molar-refractivity contribution in [2.24, 2.45) is 11.7 Å². The molecular weight excluding hydrogens is 260 g/mol. The summed E-state index contributed by atoms with van der Waals surface area (Å²) in [5, 5.41) is 0. The molecule has 2 rings (SSSR count). The van der Waals surface area contributed by atoms with Crippen LogP contribution in [-0.4, -0.2) is 37.7 Å². The predicted molar refractivity (Wildman–Crippen MR) is 82.1 cm³/mol. The lowest BCUT2D eigenvalue weighted by Gasteiger charge is -2.31. The Bertz CT molecular complexity index is 365. The van der Waals surface area contributed by atoms with Crippen LogP contribution in [0.1, 0.15) is 18.4 Å². The molecule has 0 unspecified atom stereocenters. The normalized spacial score (nSPS) is 16.9. The molecule has 1 aliphatic rings. The van der Waals surface area contributed by atoms with Gasteiger partial charge in [-0.15, -0.1) is 12.4 Å². The summed E-state index contributed by atoms with van der Waals surface area (Å²) in [5.41, 5.74) is 6.94. The molecule has 1 aromatic carbocycles. The average molecular weight is 285 g/mol. The number of benzene rings is 1. The number of halogens is 1. The van der Waals surface area contributed by atoms with Gasteiger partial charge in [0.25, 0.3) is 0 Å². The molecule has 1 aromatic rings. The quantitative estimate of drug-likeness (QED) is 0.903. The van der Waals surface area contributed by atoms with E-state index in [0.717, 1.165) is 31.4 Å². The molecular formula is C15H25ClN2O. The summed E-state index contributed by atoms with van der Waals surface area (Å²) < 4.78 is 5.78. The van der Waals surface area contributed by atoms with Gasteiger partial charge in [-0.1, -0.05) is 12.1 Å². The van der Waals surface area contributed by atoms with Gasteiger partial charge >= 0.3 is 0 Å². The van der Waals surface area contributed by atoms with Crippen molar-refractivity contribution in [3.05, 3.63) is 29.8 Å². The van der Waals surface area contributed by atoms with Gasteiger partial charge in [-0.25, -0.2) is 0 Å². The number of rotatable bonds is 5. The molecule has 1 fully saturated rings. The molecule has 0 aromatic heterocycles. The highest BCUT2D eigenvalue weighted by molar-refractivity contribution is 5.85. The van der Waals surface area contributed by atoms with E-state index in [9.17, 15) is 0 Å². The van der Waals surface area contributed by atoms with Crippen LogP contribution >= 0.6 is 12.4 Å². The van der Waals surface area contributed by atoms with E-state index in [1.165, 1.54) is 31.5 Å². The van der Waals surface area contributed by atoms with Gasteiger partial charge in [-0.2, -0.15) is 0 Å². The first-order valence-corrected chi connectivity index (χ1v) is 6.90. The molecule has 2 N–H and O–H groups in total. The highest BCUT2D eigenvalue weighted by Gasteiger charge is 2.17. The third-order valence-electron chi connectivity index (χ3n) is 3.71. The summed E-state index contributed by atoms with van der Waals surface area (Å²) in [7, 11) is 0. The summed E-state index contributed by atoms with van der Waals surface area (Å²) in [5.74, 6) is 1.71. The van der Waals surface area contributed by atoms with Gasteiger partial charge in [0.2, 0.25) is 0 Å². The molecule has 1 saturated heterocycles. The van der Waals surface area contributed by atoms with Gasteiger partial charge in [0, 0.05) is 6.54 Å². The van der Waals surface area contributed by atoms with E-state index in [-0.39, 0.29) is 12.4 Å². The van der Waals surface area contributed by atoms with Crippen LogP contribution in [0.3, 0.4) is 0 Å². The third-order valence-corrected chi connectivity index (χ3v) is 3.71. The predicted octanol–water partition coefficient (Wildman–Crippen LogP) is 2.47. The molecule has 3 nitrogen and oxygen atoms in total. The van der Waals surface area contributed by atoms with E-state index in [1.54, 1.807) is 0 Å². The zero-order valence-electron chi connectivity index (χ0n) is 11.7. The molecule has 0 amide bonds. The minimum absolute atomic E-state index is 0. The van der Waals surface area contributed by atoms with E-state index < -0.39 is 0 Å². The van der Waals surface area contributed by atoms with Crippen LogP contribution in [0.2, 0.25) is 0 Å². The molecule has 0 spiro atoms. The Kier molecular flexibility index (Phi) is 7.21. The molecule has 1 aliphatic heterocycles. The second-order valence-corrected chi connectivity index (χ2v) is 5.19. The lowest BCUT2D eigenvalue weighted by Crippen LogP contribution is -2.38. The maximum atomic E-state index is 5.78. The van der Waals surface area contributed by atoms with Crippen molar-refractivity contribution in [3.8, 4) is 5.75 Å². The first kappa shape index (κ1) is 16.3. The standard InChI is InChI=1S/C15H24N2O.ClH/c1-13-3-2-4-15(11-13)18-10-9-17-7-5-14(12-16)6-8-17;/h2-4,11,14H,5-10,12,16H2,1H3;1H. The van der Waals surface area contributed by atoms with Crippen molar-refractivity contribution >= 4 is 12.4 Å². The van der Waals surface area contributed by atoms with E-state index in [1.807, 2.05) is 12.1 Å². The van der Waals surface area contributed by atoms with Crippen LogP contribution in [0.25, 0.3) is 0 Å². The fraction of sp³-hybridized carbons (Fsp3) is 0.600. The molecule has 0 atom stereocenters. The summed E-state index contributed by atoms with van der Waals surface area (Å²) >= 11 is 0. The summed E-state index contributed by atoms with van der Waals surface area (Å²) in [4.78, 5) is 2.47. The van der Waals surface area contributed by atoms with Crippen molar-refractivity contribution in [2.75, 3.05) is 32.8 Å². The first-order valence-electron chi connectivity index (χ1n) is 6.90. The Hall–Kier alpha value is -0.770. The van der Waals surface area contributed by atoms with E-state index in [2.05, 4.69) is 24.0 Å². The molecule has 4 heteroatoms. The lowest BCUT2D eigenvalue weighted by atomic mass is 9.97. The number of ether oxygens (including phenoxy) is 1. The maximum absolute atomic E-state index is 5.78. The second kappa shape index (κ2) is 8.41. The Labute approximate surface area is 122 Å². The van der Waals surface area contributed by atoms with Crippen LogP contribution < -0.4 is 10.5 Å². The Morgan fingerprint density at radius 3 is 2.68 bits per heavy atom. The maximum Gasteiger partial charge on any atom is 0.119 e. The van der Waals surface area contributed by atoms with Gasteiger partial charge in [0.1, 0.15) is 12.4 Å². The largest absolute Gasteiger partial charge is 0.492 e. The minimum atomic E-state index is 0. The Morgan fingerprint density at radius 2 is 2.05 bits per heavy atom. The van der Waals surface area contributed by atoms with Crippen molar-refractivity contribution in [3.63, 3.8) is 0 Å². The number of hydrogen-bond donors (Lipinski definition) is 1. The van der Waals surface area contributed by atoms with Crippen molar-refractivity contribution in [1.82, 2.24) is 4.90 Å². The second-order valence-electron chi connectivity index (χ2n) is 5.19. The number of hydrogen-bond acceptors (Lipinski definition) is 3. The molecule has 1 heterocycles. The van der Waals surface area contributed by atoms with Crippen LogP contribution in [0, 0.1) is 12.8 Å². The average Bonchev–Trinajstić information content (AvgIpc) is 2.40. The molecule has 0 radical (unpaired) electrons. The number of nitrogens with two attached hydrogens (primary N) is 1. The van der Waals surface area contributed by atoms with Crippen LogP contribution in [0.5, 0.6) is 5.75 Å². The topological polar surface area (TPSA) is 38.5 Å².